The molecule has 0 saturated carbocycles. The molecule has 0 aliphatic carbocycles. The standard InChI is InChI=1S/C18H23NOS/c1-14-10-15(2)12-16(11-14)13-21-9-3-8-20-18-6-4-17(19)5-7-18/h4-7,10-12H,3,8-9,13,19H2,1-2H3. The molecule has 0 atom stereocenters. The molecule has 0 aromatic heterocycles. The van der Waals surface area contributed by atoms with Gasteiger partial charge in [-0.3, -0.25) is 0 Å². The van der Waals surface area contributed by atoms with Crippen molar-refractivity contribution in [1.82, 2.24) is 0 Å². The average Bonchev–Trinajstić information content (AvgIpc) is 2.43. The molecule has 112 valence electrons. The minimum absolute atomic E-state index is 0.754. The fourth-order valence-electron chi connectivity index (χ4n) is 2.26. The lowest BCUT2D eigenvalue weighted by Crippen LogP contribution is -1.99. The van der Waals surface area contributed by atoms with E-state index >= 15 is 0 Å². The molecule has 2 N–H and O–H groups in total. The molecular weight excluding hydrogens is 278 g/mol. The number of ether oxygens (including phenoxy) is 1. The molecule has 21 heavy (non-hydrogen) atoms. The molecule has 3 heteroatoms. The van der Waals surface area contributed by atoms with Crippen LogP contribution in [-0.4, -0.2) is 12.4 Å². The highest BCUT2D eigenvalue weighted by Gasteiger charge is 1.98. The van der Waals surface area contributed by atoms with E-state index in [9.17, 15) is 0 Å². The molecule has 0 unspecified atom stereocenters. The average molecular weight is 301 g/mol. The first-order chi connectivity index (χ1) is 10.1. The van der Waals surface area contributed by atoms with E-state index in [2.05, 4.69) is 32.0 Å². The maximum Gasteiger partial charge on any atom is 0.119 e. The zero-order valence-electron chi connectivity index (χ0n) is 12.8. The molecule has 0 amide bonds. The third-order valence-electron chi connectivity index (χ3n) is 3.13. The van der Waals surface area contributed by atoms with Crippen molar-refractivity contribution in [2.75, 3.05) is 18.1 Å². The molecule has 0 bridgehead atoms. The van der Waals surface area contributed by atoms with E-state index in [4.69, 9.17) is 10.5 Å². The molecule has 2 aromatic rings. The molecular formula is C18H23NOS. The normalized spacial score (nSPS) is 10.6. The Morgan fingerprint density at radius 1 is 1.00 bits per heavy atom. The van der Waals surface area contributed by atoms with Gasteiger partial charge in [0.2, 0.25) is 0 Å². The first-order valence-electron chi connectivity index (χ1n) is 7.27. The summed E-state index contributed by atoms with van der Waals surface area (Å²) in [5.74, 6) is 3.08. The van der Waals surface area contributed by atoms with Crippen LogP contribution in [0.1, 0.15) is 23.1 Å². The van der Waals surface area contributed by atoms with Gasteiger partial charge >= 0.3 is 0 Å². The van der Waals surface area contributed by atoms with Crippen LogP contribution in [0.25, 0.3) is 0 Å². The number of benzene rings is 2. The number of aryl methyl sites for hydroxylation is 2. The predicted molar refractivity (Wildman–Crippen MR) is 93.0 cm³/mol. The summed E-state index contributed by atoms with van der Waals surface area (Å²) in [6, 6.07) is 14.3. The maximum absolute atomic E-state index is 5.68. The Morgan fingerprint density at radius 3 is 2.33 bits per heavy atom. The Labute approximate surface area is 131 Å². The van der Waals surface area contributed by atoms with E-state index in [1.165, 1.54) is 16.7 Å². The SMILES string of the molecule is Cc1cc(C)cc(CSCCCOc2ccc(N)cc2)c1. The second kappa shape index (κ2) is 7.99. The van der Waals surface area contributed by atoms with Gasteiger partial charge in [0.05, 0.1) is 6.61 Å². The van der Waals surface area contributed by atoms with Crippen molar-refractivity contribution in [3.05, 3.63) is 59.2 Å². The molecule has 0 fully saturated rings. The van der Waals surface area contributed by atoms with Crippen LogP contribution in [-0.2, 0) is 5.75 Å². The second-order valence-corrected chi connectivity index (χ2v) is 6.42. The van der Waals surface area contributed by atoms with E-state index < -0.39 is 0 Å². The number of nitrogens with two attached hydrogens (primary N) is 1. The molecule has 0 radical (unpaired) electrons. The first-order valence-corrected chi connectivity index (χ1v) is 8.42. The van der Waals surface area contributed by atoms with Gasteiger partial charge in [-0.1, -0.05) is 29.3 Å². The van der Waals surface area contributed by atoms with Crippen molar-refractivity contribution in [3.63, 3.8) is 0 Å². The zero-order valence-corrected chi connectivity index (χ0v) is 13.6. The lowest BCUT2D eigenvalue weighted by atomic mass is 10.1. The highest BCUT2D eigenvalue weighted by atomic mass is 32.2. The van der Waals surface area contributed by atoms with Crippen LogP contribution in [0.5, 0.6) is 5.75 Å². The van der Waals surface area contributed by atoms with Gasteiger partial charge in [0.25, 0.3) is 0 Å². The van der Waals surface area contributed by atoms with Crippen molar-refractivity contribution in [2.24, 2.45) is 0 Å². The van der Waals surface area contributed by atoms with E-state index in [0.29, 0.717) is 0 Å². The van der Waals surface area contributed by atoms with E-state index in [1.807, 2.05) is 36.0 Å². The zero-order chi connectivity index (χ0) is 15.1. The summed E-state index contributed by atoms with van der Waals surface area (Å²) in [4.78, 5) is 0. The van der Waals surface area contributed by atoms with Crippen LogP contribution in [0.15, 0.2) is 42.5 Å². The summed E-state index contributed by atoms with van der Waals surface area (Å²) < 4.78 is 5.68. The lowest BCUT2D eigenvalue weighted by molar-refractivity contribution is 0.319. The molecule has 2 rings (SSSR count). The Kier molecular flexibility index (Phi) is 6.00. The van der Waals surface area contributed by atoms with Crippen LogP contribution < -0.4 is 10.5 Å². The molecule has 0 spiro atoms. The van der Waals surface area contributed by atoms with Gasteiger partial charge < -0.3 is 10.5 Å². The van der Waals surface area contributed by atoms with Crippen molar-refractivity contribution >= 4 is 17.4 Å². The van der Waals surface area contributed by atoms with Gasteiger partial charge in [0.1, 0.15) is 5.75 Å². The molecule has 2 nitrogen and oxygen atoms in total. The molecule has 0 aliphatic rings. The fraction of sp³-hybridized carbons (Fsp3) is 0.333. The van der Waals surface area contributed by atoms with E-state index in [1.54, 1.807) is 0 Å². The van der Waals surface area contributed by atoms with Crippen molar-refractivity contribution < 1.29 is 4.74 Å². The number of nitrogen functional groups attached to an aromatic ring is 1. The van der Waals surface area contributed by atoms with Gasteiger partial charge in [-0.25, -0.2) is 0 Å². The number of anilines is 1. The molecule has 0 saturated heterocycles. The highest BCUT2D eigenvalue weighted by molar-refractivity contribution is 7.98. The third kappa shape index (κ3) is 5.72. The Bertz CT molecular complexity index is 546. The summed E-state index contributed by atoms with van der Waals surface area (Å²) in [6.45, 7) is 5.06. The van der Waals surface area contributed by atoms with Crippen LogP contribution >= 0.6 is 11.8 Å². The molecule has 0 aliphatic heterocycles. The summed E-state index contributed by atoms with van der Waals surface area (Å²) in [6.07, 6.45) is 1.06. The maximum atomic E-state index is 5.68. The molecule has 2 aromatic carbocycles. The Balaban J connectivity index is 1.62. The van der Waals surface area contributed by atoms with Gasteiger partial charge in [-0.15, -0.1) is 0 Å². The topological polar surface area (TPSA) is 35.2 Å². The minimum Gasteiger partial charge on any atom is -0.494 e. The van der Waals surface area contributed by atoms with E-state index in [0.717, 1.165) is 36.0 Å². The quantitative estimate of drug-likeness (QED) is 0.600. The fourth-order valence-corrected chi connectivity index (χ4v) is 3.13. The van der Waals surface area contributed by atoms with Crippen LogP contribution in [0.3, 0.4) is 0 Å². The van der Waals surface area contributed by atoms with E-state index in [-0.39, 0.29) is 0 Å². The van der Waals surface area contributed by atoms with Crippen LogP contribution in [0, 0.1) is 13.8 Å². The Morgan fingerprint density at radius 2 is 1.67 bits per heavy atom. The predicted octanol–water partition coefficient (Wildman–Crippen LogP) is 4.59. The smallest absolute Gasteiger partial charge is 0.119 e. The van der Waals surface area contributed by atoms with Crippen molar-refractivity contribution in [2.45, 2.75) is 26.0 Å². The van der Waals surface area contributed by atoms with Crippen LogP contribution in [0.2, 0.25) is 0 Å². The molecule has 0 heterocycles. The first kappa shape index (κ1) is 15.8. The number of hydrogen-bond donors (Lipinski definition) is 1. The van der Waals surface area contributed by atoms with Gasteiger partial charge in [-0.05, 0) is 55.9 Å². The lowest BCUT2D eigenvalue weighted by Gasteiger charge is -2.07. The third-order valence-corrected chi connectivity index (χ3v) is 4.25. The second-order valence-electron chi connectivity index (χ2n) is 5.32. The monoisotopic (exact) mass is 301 g/mol. The van der Waals surface area contributed by atoms with Gasteiger partial charge in [0, 0.05) is 11.4 Å². The summed E-state index contributed by atoms with van der Waals surface area (Å²) in [7, 11) is 0. The minimum atomic E-state index is 0.754. The largest absolute Gasteiger partial charge is 0.494 e. The number of rotatable bonds is 7. The number of thioether (sulfide) groups is 1. The van der Waals surface area contributed by atoms with Crippen LogP contribution in [0.4, 0.5) is 5.69 Å². The number of hydrogen-bond acceptors (Lipinski definition) is 3. The summed E-state index contributed by atoms with van der Waals surface area (Å²) in [5, 5.41) is 0. The van der Waals surface area contributed by atoms with Gasteiger partial charge in [0.15, 0.2) is 0 Å². The van der Waals surface area contributed by atoms with Gasteiger partial charge in [-0.2, -0.15) is 11.8 Å². The highest BCUT2D eigenvalue weighted by Crippen LogP contribution is 2.17. The summed E-state index contributed by atoms with van der Waals surface area (Å²) >= 11 is 1.96. The summed E-state index contributed by atoms with van der Waals surface area (Å²) in [5.41, 5.74) is 10.5. The Hall–Kier alpha value is -1.61. The van der Waals surface area contributed by atoms with Crippen molar-refractivity contribution in [3.8, 4) is 5.75 Å². The van der Waals surface area contributed by atoms with Crippen molar-refractivity contribution in [1.29, 1.82) is 0 Å².